The Kier molecular flexibility index (Phi) is 5.64. The van der Waals surface area contributed by atoms with E-state index in [1.54, 1.807) is 7.11 Å². The van der Waals surface area contributed by atoms with E-state index in [1.807, 2.05) is 30.3 Å². The van der Waals surface area contributed by atoms with Gasteiger partial charge in [-0.25, -0.2) is 12.7 Å². The molecular formula is C18H24N2O5S. The number of amides is 1. The molecule has 2 heterocycles. The Hall–Kier alpha value is -1.90. The van der Waals surface area contributed by atoms with Crippen LogP contribution in [0, 0.1) is 5.92 Å². The van der Waals surface area contributed by atoms with E-state index < -0.39 is 10.0 Å². The van der Waals surface area contributed by atoms with Crippen LogP contribution in [-0.4, -0.2) is 51.6 Å². The summed E-state index contributed by atoms with van der Waals surface area (Å²) in [7, 11) is -1.61. The molecule has 8 heteroatoms. The molecule has 1 saturated heterocycles. The maximum atomic E-state index is 12.4. The molecule has 1 unspecified atom stereocenters. The van der Waals surface area contributed by atoms with Gasteiger partial charge in [0.25, 0.3) is 0 Å². The third kappa shape index (κ3) is 4.25. The maximum absolute atomic E-state index is 12.4. The van der Waals surface area contributed by atoms with Crippen molar-refractivity contribution in [2.45, 2.75) is 18.9 Å². The number of furan rings is 1. The van der Waals surface area contributed by atoms with E-state index in [0.717, 1.165) is 11.0 Å². The molecule has 142 valence electrons. The lowest BCUT2D eigenvalue weighted by molar-refractivity contribution is -0.126. The first-order chi connectivity index (χ1) is 12.4. The van der Waals surface area contributed by atoms with Crippen LogP contribution in [0.4, 0.5) is 0 Å². The Balaban J connectivity index is 1.56. The molecule has 1 aliphatic heterocycles. The third-order valence-corrected chi connectivity index (χ3v) is 6.11. The lowest BCUT2D eigenvalue weighted by Gasteiger charge is -2.29. The zero-order valence-corrected chi connectivity index (χ0v) is 15.8. The number of carbonyl (C=O) groups is 1. The van der Waals surface area contributed by atoms with E-state index in [2.05, 4.69) is 5.32 Å². The van der Waals surface area contributed by atoms with Crippen LogP contribution in [0.2, 0.25) is 0 Å². The minimum Gasteiger partial charge on any atom is -0.458 e. The van der Waals surface area contributed by atoms with Gasteiger partial charge in [-0.1, -0.05) is 18.2 Å². The van der Waals surface area contributed by atoms with Crippen LogP contribution in [0.5, 0.6) is 0 Å². The van der Waals surface area contributed by atoms with Gasteiger partial charge in [0.15, 0.2) is 0 Å². The number of benzene rings is 1. The fraction of sp³-hybridized carbons (Fsp3) is 0.500. The van der Waals surface area contributed by atoms with Gasteiger partial charge in [0, 0.05) is 31.5 Å². The number of carbonyl (C=O) groups excluding carboxylic acids is 1. The van der Waals surface area contributed by atoms with E-state index in [0.29, 0.717) is 38.2 Å². The molecule has 1 aliphatic rings. The van der Waals surface area contributed by atoms with Crippen molar-refractivity contribution in [3.8, 4) is 0 Å². The zero-order chi connectivity index (χ0) is 18.7. The van der Waals surface area contributed by atoms with Crippen molar-refractivity contribution in [2.24, 2.45) is 5.92 Å². The summed E-state index contributed by atoms with van der Waals surface area (Å²) in [6.07, 6.45) is 1.88. The summed E-state index contributed by atoms with van der Waals surface area (Å²) >= 11 is 0. The van der Waals surface area contributed by atoms with Gasteiger partial charge in [0.2, 0.25) is 15.9 Å². The third-order valence-electron chi connectivity index (χ3n) is 4.80. The van der Waals surface area contributed by atoms with Crippen molar-refractivity contribution in [2.75, 3.05) is 33.0 Å². The molecule has 0 bridgehead atoms. The molecule has 7 nitrogen and oxygen atoms in total. The fourth-order valence-electron chi connectivity index (χ4n) is 3.25. The predicted octanol–water partition coefficient (Wildman–Crippen LogP) is 1.91. The van der Waals surface area contributed by atoms with Gasteiger partial charge < -0.3 is 14.5 Å². The summed E-state index contributed by atoms with van der Waals surface area (Å²) in [6.45, 7) is 1.07. The van der Waals surface area contributed by atoms with E-state index in [1.165, 1.54) is 10.6 Å². The van der Waals surface area contributed by atoms with Gasteiger partial charge in [0.05, 0.1) is 12.8 Å². The minimum absolute atomic E-state index is 0.0729. The molecular weight excluding hydrogens is 356 g/mol. The standard InChI is InChI=1S/C18H24N2O5S/c1-24-17(16-11-14-5-3-4-6-15(14)25-16)12-19-18(21)13-7-9-20(10-8-13)26(2,22)23/h3-6,11,13,17H,7-10,12H2,1-2H3,(H,19,21). The first-order valence-corrected chi connectivity index (χ1v) is 10.5. The first kappa shape index (κ1) is 18.9. The highest BCUT2D eigenvalue weighted by Crippen LogP contribution is 2.25. The molecule has 1 atom stereocenters. The van der Waals surface area contributed by atoms with Gasteiger partial charge in [-0.2, -0.15) is 0 Å². The number of nitrogens with zero attached hydrogens (tertiary/aromatic N) is 1. The number of sulfonamides is 1. The zero-order valence-electron chi connectivity index (χ0n) is 15.0. The van der Waals surface area contributed by atoms with E-state index >= 15 is 0 Å². The van der Waals surface area contributed by atoms with Gasteiger partial charge in [0.1, 0.15) is 17.4 Å². The van der Waals surface area contributed by atoms with Crippen LogP contribution in [-0.2, 0) is 19.6 Å². The first-order valence-electron chi connectivity index (χ1n) is 8.62. The average molecular weight is 380 g/mol. The molecule has 1 aromatic carbocycles. The summed E-state index contributed by atoms with van der Waals surface area (Å²) in [5.74, 6) is 0.415. The van der Waals surface area contributed by atoms with Crippen LogP contribution >= 0.6 is 0 Å². The van der Waals surface area contributed by atoms with Crippen molar-refractivity contribution in [3.05, 3.63) is 36.1 Å². The Morgan fingerprint density at radius 3 is 2.65 bits per heavy atom. The van der Waals surface area contributed by atoms with E-state index in [-0.39, 0.29) is 17.9 Å². The summed E-state index contributed by atoms with van der Waals surface area (Å²) in [6, 6.07) is 9.61. The second-order valence-electron chi connectivity index (χ2n) is 6.59. The lowest BCUT2D eigenvalue weighted by atomic mass is 9.97. The molecule has 1 fully saturated rings. The van der Waals surface area contributed by atoms with Crippen LogP contribution in [0.25, 0.3) is 11.0 Å². The quantitative estimate of drug-likeness (QED) is 0.827. The fourth-order valence-corrected chi connectivity index (χ4v) is 4.12. The van der Waals surface area contributed by atoms with Crippen LogP contribution in [0.3, 0.4) is 0 Å². The number of methoxy groups -OCH3 is 1. The topological polar surface area (TPSA) is 88.9 Å². The molecule has 1 aromatic heterocycles. The van der Waals surface area contributed by atoms with Gasteiger partial charge in [-0.05, 0) is 25.0 Å². The average Bonchev–Trinajstić information content (AvgIpc) is 3.05. The molecule has 2 aromatic rings. The molecule has 3 rings (SSSR count). The number of fused-ring (bicyclic) bond motifs is 1. The normalized spacial score (nSPS) is 18.1. The van der Waals surface area contributed by atoms with E-state index in [9.17, 15) is 13.2 Å². The highest BCUT2D eigenvalue weighted by molar-refractivity contribution is 7.88. The monoisotopic (exact) mass is 380 g/mol. The second kappa shape index (κ2) is 7.77. The summed E-state index contributed by atoms with van der Waals surface area (Å²) < 4.78 is 35.8. The number of nitrogens with one attached hydrogen (secondary N) is 1. The molecule has 0 saturated carbocycles. The summed E-state index contributed by atoms with van der Waals surface area (Å²) in [4.78, 5) is 12.4. The minimum atomic E-state index is -3.18. The lowest BCUT2D eigenvalue weighted by Crippen LogP contribution is -2.43. The summed E-state index contributed by atoms with van der Waals surface area (Å²) in [5, 5.41) is 3.90. The SMILES string of the molecule is COC(CNC(=O)C1CCN(S(C)(=O)=O)CC1)c1cc2ccccc2o1. The van der Waals surface area contributed by atoms with E-state index in [4.69, 9.17) is 9.15 Å². The van der Waals surface area contributed by atoms with Crippen molar-refractivity contribution in [3.63, 3.8) is 0 Å². The van der Waals surface area contributed by atoms with Crippen molar-refractivity contribution in [1.29, 1.82) is 0 Å². The van der Waals surface area contributed by atoms with Crippen LogP contribution in [0.15, 0.2) is 34.7 Å². The maximum Gasteiger partial charge on any atom is 0.223 e. The summed E-state index contributed by atoms with van der Waals surface area (Å²) in [5.41, 5.74) is 0.782. The van der Waals surface area contributed by atoms with Crippen LogP contribution < -0.4 is 5.32 Å². The number of ether oxygens (including phenoxy) is 1. The number of rotatable bonds is 6. The number of hydrogen-bond acceptors (Lipinski definition) is 5. The second-order valence-corrected chi connectivity index (χ2v) is 8.57. The Labute approximate surface area is 153 Å². The van der Waals surface area contributed by atoms with Crippen molar-refractivity contribution < 1.29 is 22.4 Å². The number of piperidine rings is 1. The largest absolute Gasteiger partial charge is 0.458 e. The predicted molar refractivity (Wildman–Crippen MR) is 98.1 cm³/mol. The molecule has 1 N–H and O–H groups in total. The van der Waals surface area contributed by atoms with Crippen LogP contribution in [0.1, 0.15) is 24.7 Å². The molecule has 0 spiro atoms. The smallest absolute Gasteiger partial charge is 0.223 e. The van der Waals surface area contributed by atoms with Gasteiger partial charge in [-0.3, -0.25) is 4.79 Å². The molecule has 0 radical (unpaired) electrons. The highest BCUT2D eigenvalue weighted by atomic mass is 32.2. The number of hydrogen-bond donors (Lipinski definition) is 1. The Morgan fingerprint density at radius 1 is 1.35 bits per heavy atom. The van der Waals surface area contributed by atoms with Crippen molar-refractivity contribution in [1.82, 2.24) is 9.62 Å². The molecule has 1 amide bonds. The highest BCUT2D eigenvalue weighted by Gasteiger charge is 2.29. The van der Waals surface area contributed by atoms with Gasteiger partial charge in [-0.15, -0.1) is 0 Å². The van der Waals surface area contributed by atoms with Crippen molar-refractivity contribution >= 4 is 26.9 Å². The molecule has 26 heavy (non-hydrogen) atoms. The Morgan fingerprint density at radius 2 is 2.04 bits per heavy atom. The van der Waals surface area contributed by atoms with Gasteiger partial charge >= 0.3 is 0 Å². The Bertz CT molecular complexity index is 836. The number of para-hydroxylation sites is 1. The molecule has 0 aliphatic carbocycles.